The molecule has 3 nitrogen and oxygen atoms in total. The SMILES string of the molecule is Cc1cccc(NC(=O)N[C@H](C)c2ccccc2)c1. The number of amides is 2. The van der Waals surface area contributed by atoms with Crippen LogP contribution < -0.4 is 10.6 Å². The van der Waals surface area contributed by atoms with Crippen molar-refractivity contribution in [3.8, 4) is 0 Å². The molecule has 0 fully saturated rings. The number of benzene rings is 2. The quantitative estimate of drug-likeness (QED) is 0.857. The topological polar surface area (TPSA) is 41.1 Å². The second kappa shape index (κ2) is 6.05. The Morgan fingerprint density at radius 2 is 1.79 bits per heavy atom. The molecule has 0 aliphatic carbocycles. The van der Waals surface area contributed by atoms with Gasteiger partial charge in [0.1, 0.15) is 0 Å². The monoisotopic (exact) mass is 254 g/mol. The summed E-state index contributed by atoms with van der Waals surface area (Å²) < 4.78 is 0. The average Bonchev–Trinajstić information content (AvgIpc) is 2.39. The van der Waals surface area contributed by atoms with E-state index < -0.39 is 0 Å². The van der Waals surface area contributed by atoms with E-state index in [9.17, 15) is 4.79 Å². The summed E-state index contributed by atoms with van der Waals surface area (Å²) >= 11 is 0. The molecule has 2 amide bonds. The Morgan fingerprint density at radius 1 is 1.05 bits per heavy atom. The van der Waals surface area contributed by atoms with Crippen LogP contribution in [0.1, 0.15) is 24.1 Å². The van der Waals surface area contributed by atoms with Gasteiger partial charge in [-0.2, -0.15) is 0 Å². The summed E-state index contributed by atoms with van der Waals surface area (Å²) in [5, 5.41) is 5.75. The molecular weight excluding hydrogens is 236 g/mol. The van der Waals surface area contributed by atoms with E-state index in [-0.39, 0.29) is 12.1 Å². The Balaban J connectivity index is 1.95. The summed E-state index contributed by atoms with van der Waals surface area (Å²) in [7, 11) is 0. The first-order chi connectivity index (χ1) is 9.15. The lowest BCUT2D eigenvalue weighted by Crippen LogP contribution is -2.31. The lowest BCUT2D eigenvalue weighted by Gasteiger charge is -2.15. The van der Waals surface area contributed by atoms with E-state index in [1.807, 2.05) is 68.4 Å². The highest BCUT2D eigenvalue weighted by Crippen LogP contribution is 2.13. The Hall–Kier alpha value is -2.29. The van der Waals surface area contributed by atoms with Crippen LogP contribution in [-0.2, 0) is 0 Å². The van der Waals surface area contributed by atoms with Crippen molar-refractivity contribution in [3.63, 3.8) is 0 Å². The van der Waals surface area contributed by atoms with Crippen LogP contribution in [-0.4, -0.2) is 6.03 Å². The molecule has 1 atom stereocenters. The molecule has 0 heterocycles. The molecule has 0 saturated heterocycles. The molecule has 0 aromatic heterocycles. The minimum atomic E-state index is -0.193. The highest BCUT2D eigenvalue weighted by molar-refractivity contribution is 5.89. The van der Waals surface area contributed by atoms with Crippen molar-refractivity contribution < 1.29 is 4.79 Å². The number of aryl methyl sites for hydroxylation is 1. The van der Waals surface area contributed by atoms with Crippen molar-refractivity contribution in [2.45, 2.75) is 19.9 Å². The predicted molar refractivity (Wildman–Crippen MR) is 78.2 cm³/mol. The minimum Gasteiger partial charge on any atom is -0.331 e. The van der Waals surface area contributed by atoms with Gasteiger partial charge in [-0.05, 0) is 37.1 Å². The van der Waals surface area contributed by atoms with E-state index in [1.54, 1.807) is 0 Å². The van der Waals surface area contributed by atoms with Crippen LogP contribution >= 0.6 is 0 Å². The van der Waals surface area contributed by atoms with Gasteiger partial charge in [-0.25, -0.2) is 4.79 Å². The van der Waals surface area contributed by atoms with Gasteiger partial charge < -0.3 is 10.6 Å². The smallest absolute Gasteiger partial charge is 0.319 e. The van der Waals surface area contributed by atoms with Gasteiger partial charge in [0.25, 0.3) is 0 Å². The molecule has 3 heteroatoms. The summed E-state index contributed by atoms with van der Waals surface area (Å²) in [6, 6.07) is 17.4. The zero-order valence-corrected chi connectivity index (χ0v) is 11.2. The van der Waals surface area contributed by atoms with Crippen molar-refractivity contribution >= 4 is 11.7 Å². The number of nitrogens with one attached hydrogen (secondary N) is 2. The molecule has 2 N–H and O–H groups in total. The molecule has 98 valence electrons. The largest absolute Gasteiger partial charge is 0.331 e. The highest BCUT2D eigenvalue weighted by atomic mass is 16.2. The number of rotatable bonds is 3. The zero-order chi connectivity index (χ0) is 13.7. The van der Waals surface area contributed by atoms with Crippen LogP contribution in [0.25, 0.3) is 0 Å². The third-order valence-corrected chi connectivity index (χ3v) is 2.92. The van der Waals surface area contributed by atoms with E-state index in [0.29, 0.717) is 0 Å². The number of carbonyl (C=O) groups is 1. The Labute approximate surface area is 113 Å². The molecule has 2 aromatic carbocycles. The maximum Gasteiger partial charge on any atom is 0.319 e. The summed E-state index contributed by atoms with van der Waals surface area (Å²) in [4.78, 5) is 11.9. The second-order valence-electron chi connectivity index (χ2n) is 4.60. The van der Waals surface area contributed by atoms with E-state index in [0.717, 1.165) is 16.8 Å². The van der Waals surface area contributed by atoms with Crippen LogP contribution in [0.5, 0.6) is 0 Å². The van der Waals surface area contributed by atoms with Gasteiger partial charge in [-0.1, -0.05) is 42.5 Å². The number of hydrogen-bond acceptors (Lipinski definition) is 1. The standard InChI is InChI=1S/C16H18N2O/c1-12-7-6-10-15(11-12)18-16(19)17-13(2)14-8-4-3-5-9-14/h3-11,13H,1-2H3,(H2,17,18,19)/t13-/m1/s1. The molecule has 0 bridgehead atoms. The van der Waals surface area contributed by atoms with Crippen LogP contribution in [0.3, 0.4) is 0 Å². The maximum absolute atomic E-state index is 11.9. The van der Waals surface area contributed by atoms with Gasteiger partial charge in [0.05, 0.1) is 6.04 Å². The van der Waals surface area contributed by atoms with Crippen molar-refractivity contribution in [3.05, 3.63) is 65.7 Å². The van der Waals surface area contributed by atoms with E-state index in [4.69, 9.17) is 0 Å². The first-order valence-electron chi connectivity index (χ1n) is 6.34. The maximum atomic E-state index is 11.9. The van der Waals surface area contributed by atoms with Gasteiger partial charge in [-0.3, -0.25) is 0 Å². The van der Waals surface area contributed by atoms with Crippen LogP contribution in [0.15, 0.2) is 54.6 Å². The number of carbonyl (C=O) groups excluding carboxylic acids is 1. The lowest BCUT2D eigenvalue weighted by molar-refractivity contribution is 0.249. The zero-order valence-electron chi connectivity index (χ0n) is 11.2. The van der Waals surface area contributed by atoms with Gasteiger partial charge in [0.2, 0.25) is 0 Å². The summed E-state index contributed by atoms with van der Waals surface area (Å²) in [5.74, 6) is 0. The number of hydrogen-bond donors (Lipinski definition) is 2. The molecule has 0 unspecified atom stereocenters. The molecule has 2 aromatic rings. The van der Waals surface area contributed by atoms with Crippen molar-refractivity contribution in [2.24, 2.45) is 0 Å². The van der Waals surface area contributed by atoms with Gasteiger partial charge in [0, 0.05) is 5.69 Å². The van der Waals surface area contributed by atoms with Crippen LogP contribution in [0.2, 0.25) is 0 Å². The predicted octanol–water partition coefficient (Wildman–Crippen LogP) is 3.88. The fourth-order valence-electron chi connectivity index (χ4n) is 1.91. The van der Waals surface area contributed by atoms with Gasteiger partial charge in [-0.15, -0.1) is 0 Å². The Bertz CT molecular complexity index is 552. The van der Waals surface area contributed by atoms with Crippen molar-refractivity contribution in [1.82, 2.24) is 5.32 Å². The normalized spacial score (nSPS) is 11.7. The summed E-state index contributed by atoms with van der Waals surface area (Å²) in [6.45, 7) is 3.96. The van der Waals surface area contributed by atoms with E-state index >= 15 is 0 Å². The van der Waals surface area contributed by atoms with Gasteiger partial charge >= 0.3 is 6.03 Å². The third kappa shape index (κ3) is 3.85. The Morgan fingerprint density at radius 3 is 2.47 bits per heavy atom. The van der Waals surface area contributed by atoms with Crippen molar-refractivity contribution in [2.75, 3.05) is 5.32 Å². The highest BCUT2D eigenvalue weighted by Gasteiger charge is 2.08. The van der Waals surface area contributed by atoms with Gasteiger partial charge in [0.15, 0.2) is 0 Å². The van der Waals surface area contributed by atoms with E-state index in [1.165, 1.54) is 0 Å². The molecule has 0 radical (unpaired) electrons. The molecular formula is C16H18N2O. The van der Waals surface area contributed by atoms with Crippen LogP contribution in [0.4, 0.5) is 10.5 Å². The Kier molecular flexibility index (Phi) is 4.18. The average molecular weight is 254 g/mol. The minimum absolute atomic E-state index is 0.0222. The molecule has 0 saturated carbocycles. The number of anilines is 1. The third-order valence-electron chi connectivity index (χ3n) is 2.92. The lowest BCUT2D eigenvalue weighted by atomic mass is 10.1. The summed E-state index contributed by atoms with van der Waals surface area (Å²) in [5.41, 5.74) is 3.01. The molecule has 0 aliphatic rings. The van der Waals surface area contributed by atoms with E-state index in [2.05, 4.69) is 10.6 Å². The first-order valence-corrected chi connectivity index (χ1v) is 6.34. The van der Waals surface area contributed by atoms with Crippen molar-refractivity contribution in [1.29, 1.82) is 0 Å². The fourth-order valence-corrected chi connectivity index (χ4v) is 1.91. The molecule has 2 rings (SSSR count). The number of urea groups is 1. The molecule has 19 heavy (non-hydrogen) atoms. The first kappa shape index (κ1) is 13.1. The molecule has 0 aliphatic heterocycles. The van der Waals surface area contributed by atoms with Crippen LogP contribution in [0, 0.1) is 6.92 Å². The summed E-state index contributed by atoms with van der Waals surface area (Å²) in [6.07, 6.45) is 0. The second-order valence-corrected chi connectivity index (χ2v) is 4.60. The molecule has 0 spiro atoms. The fraction of sp³-hybridized carbons (Fsp3) is 0.188.